The van der Waals surface area contributed by atoms with Gasteiger partial charge in [0.2, 0.25) is 11.8 Å². The molecule has 1 aliphatic rings. The van der Waals surface area contributed by atoms with Crippen molar-refractivity contribution < 1.29 is 22.8 Å². The molecular weight excluding hydrogens is 255 g/mol. The third-order valence-corrected chi connectivity index (χ3v) is 3.64. The van der Waals surface area contributed by atoms with Crippen molar-refractivity contribution in [3.63, 3.8) is 0 Å². The van der Waals surface area contributed by atoms with Crippen LogP contribution in [0.5, 0.6) is 5.88 Å². The minimum Gasteiger partial charge on any atom is -0.481 e. The summed E-state index contributed by atoms with van der Waals surface area (Å²) in [7, 11) is 0.166. The van der Waals surface area contributed by atoms with E-state index in [2.05, 4.69) is 4.98 Å². The van der Waals surface area contributed by atoms with Crippen molar-refractivity contribution in [2.75, 3.05) is 7.11 Å². The van der Waals surface area contributed by atoms with Gasteiger partial charge in [-0.15, -0.1) is 0 Å². The predicted octanol–water partition coefficient (Wildman–Crippen LogP) is 1.67. The highest BCUT2D eigenvalue weighted by Crippen LogP contribution is 2.36. The van der Waals surface area contributed by atoms with Gasteiger partial charge in [0.25, 0.3) is 0 Å². The van der Waals surface area contributed by atoms with E-state index in [4.69, 9.17) is 14.0 Å². The molecule has 0 aromatic carbocycles. The first kappa shape index (κ1) is 14.2. The van der Waals surface area contributed by atoms with Crippen molar-refractivity contribution in [2.24, 2.45) is 0 Å². The quantitative estimate of drug-likeness (QED) is 0.606. The third-order valence-electron chi connectivity index (χ3n) is 3.64. The van der Waals surface area contributed by atoms with Gasteiger partial charge >= 0.3 is 7.12 Å². The molecule has 0 bridgehead atoms. The van der Waals surface area contributed by atoms with Crippen LogP contribution < -0.4 is 10.2 Å². The standard InChI is InChI=1S/C12H16BF2NO3/c1-11(2)12(3,4)19-13(18-11)9-7(14)6-8(17-5)16-10(9)15/h6H,1-5H3. The molecule has 2 heterocycles. The fourth-order valence-electron chi connectivity index (χ4n) is 1.75. The van der Waals surface area contributed by atoms with Crippen LogP contribution in [0.1, 0.15) is 27.7 Å². The molecule has 4 nitrogen and oxygen atoms in total. The maximum Gasteiger partial charge on any atom is 0.502 e. The number of nitrogens with zero attached hydrogens (tertiary/aromatic N) is 1. The van der Waals surface area contributed by atoms with Gasteiger partial charge in [-0.25, -0.2) is 4.39 Å². The zero-order valence-electron chi connectivity index (χ0n) is 11.6. The van der Waals surface area contributed by atoms with Crippen molar-refractivity contribution >= 4 is 12.6 Å². The summed E-state index contributed by atoms with van der Waals surface area (Å²) in [4.78, 5) is 3.50. The number of halogens is 2. The molecular formula is C12H16BF2NO3. The molecule has 0 N–H and O–H groups in total. The smallest absolute Gasteiger partial charge is 0.481 e. The highest BCUT2D eigenvalue weighted by atomic mass is 19.1. The van der Waals surface area contributed by atoms with Crippen LogP contribution in [0.3, 0.4) is 0 Å². The predicted molar refractivity (Wildman–Crippen MR) is 66.4 cm³/mol. The number of ether oxygens (including phenoxy) is 1. The summed E-state index contributed by atoms with van der Waals surface area (Å²) in [5.74, 6) is -1.92. The Labute approximate surface area is 111 Å². The van der Waals surface area contributed by atoms with E-state index in [1.165, 1.54) is 7.11 Å². The molecule has 1 fully saturated rings. The lowest BCUT2D eigenvalue weighted by atomic mass is 9.79. The Kier molecular flexibility index (Phi) is 3.30. The molecule has 2 rings (SSSR count). The monoisotopic (exact) mass is 271 g/mol. The van der Waals surface area contributed by atoms with E-state index in [1.54, 1.807) is 27.7 Å². The molecule has 0 aliphatic carbocycles. The van der Waals surface area contributed by atoms with Gasteiger partial charge in [0.05, 0.1) is 23.8 Å². The molecule has 0 amide bonds. The van der Waals surface area contributed by atoms with Crippen LogP contribution in [0.25, 0.3) is 0 Å². The second-order valence-electron chi connectivity index (χ2n) is 5.44. The van der Waals surface area contributed by atoms with E-state index >= 15 is 0 Å². The number of aromatic nitrogens is 1. The van der Waals surface area contributed by atoms with Gasteiger partial charge in [-0.3, -0.25) is 0 Å². The minimum absolute atomic E-state index is 0.129. The summed E-state index contributed by atoms with van der Waals surface area (Å²) < 4.78 is 43.7. The van der Waals surface area contributed by atoms with Crippen LogP contribution >= 0.6 is 0 Å². The molecule has 7 heteroatoms. The van der Waals surface area contributed by atoms with Crippen LogP contribution in [-0.2, 0) is 9.31 Å². The Bertz CT molecular complexity index is 469. The number of rotatable bonds is 2. The fourth-order valence-corrected chi connectivity index (χ4v) is 1.75. The van der Waals surface area contributed by atoms with Gasteiger partial charge in [-0.1, -0.05) is 0 Å². The van der Waals surface area contributed by atoms with Crippen LogP contribution in [-0.4, -0.2) is 30.4 Å². The van der Waals surface area contributed by atoms with Gasteiger partial charge in [-0.2, -0.15) is 9.37 Å². The van der Waals surface area contributed by atoms with E-state index in [-0.39, 0.29) is 11.3 Å². The van der Waals surface area contributed by atoms with E-state index in [0.29, 0.717) is 0 Å². The molecule has 0 radical (unpaired) electrons. The van der Waals surface area contributed by atoms with Crippen LogP contribution in [0.15, 0.2) is 6.07 Å². The lowest BCUT2D eigenvalue weighted by molar-refractivity contribution is 0.00578. The van der Waals surface area contributed by atoms with E-state index in [1.807, 2.05) is 0 Å². The summed E-state index contributed by atoms with van der Waals surface area (Å²) in [6.07, 6.45) is 0. The maximum atomic E-state index is 13.9. The molecule has 0 spiro atoms. The molecule has 1 aromatic rings. The minimum atomic E-state index is -1.12. The molecule has 1 aliphatic heterocycles. The summed E-state index contributed by atoms with van der Waals surface area (Å²) >= 11 is 0. The highest BCUT2D eigenvalue weighted by Gasteiger charge is 2.53. The summed E-state index contributed by atoms with van der Waals surface area (Å²) in [6, 6.07) is 1.00. The van der Waals surface area contributed by atoms with Crippen LogP contribution in [0, 0.1) is 11.8 Å². The van der Waals surface area contributed by atoms with Gasteiger partial charge in [-0.05, 0) is 27.7 Å². The van der Waals surface area contributed by atoms with Crippen molar-refractivity contribution in [1.82, 2.24) is 4.98 Å². The van der Waals surface area contributed by atoms with E-state index < -0.39 is 30.1 Å². The van der Waals surface area contributed by atoms with Gasteiger partial charge in [0.1, 0.15) is 5.82 Å². The topological polar surface area (TPSA) is 40.6 Å². The number of methoxy groups -OCH3 is 1. The number of hydrogen-bond acceptors (Lipinski definition) is 4. The van der Waals surface area contributed by atoms with Crippen molar-refractivity contribution in [3.8, 4) is 5.88 Å². The maximum absolute atomic E-state index is 13.9. The normalized spacial score (nSPS) is 20.7. The average molecular weight is 271 g/mol. The molecule has 0 atom stereocenters. The van der Waals surface area contributed by atoms with E-state index in [0.717, 1.165) is 6.07 Å². The van der Waals surface area contributed by atoms with Crippen molar-refractivity contribution in [1.29, 1.82) is 0 Å². The molecule has 0 saturated carbocycles. The Morgan fingerprint density at radius 1 is 1.16 bits per heavy atom. The van der Waals surface area contributed by atoms with Crippen LogP contribution in [0.2, 0.25) is 0 Å². The SMILES string of the molecule is COc1cc(F)c(B2OC(C)(C)C(C)(C)O2)c(F)n1. The van der Waals surface area contributed by atoms with Gasteiger partial charge < -0.3 is 14.0 Å². The lowest BCUT2D eigenvalue weighted by Crippen LogP contribution is -2.41. The zero-order valence-corrected chi connectivity index (χ0v) is 11.6. The number of pyridine rings is 1. The Morgan fingerprint density at radius 2 is 1.68 bits per heavy atom. The number of hydrogen-bond donors (Lipinski definition) is 0. The molecule has 0 unspecified atom stereocenters. The lowest BCUT2D eigenvalue weighted by Gasteiger charge is -2.32. The van der Waals surface area contributed by atoms with Crippen LogP contribution in [0.4, 0.5) is 8.78 Å². The average Bonchev–Trinajstić information content (AvgIpc) is 2.46. The van der Waals surface area contributed by atoms with Crippen molar-refractivity contribution in [2.45, 2.75) is 38.9 Å². The molecule has 1 saturated heterocycles. The second kappa shape index (κ2) is 4.42. The van der Waals surface area contributed by atoms with Crippen molar-refractivity contribution in [3.05, 3.63) is 17.8 Å². The zero-order chi connectivity index (χ0) is 14.4. The Balaban J connectivity index is 2.40. The largest absolute Gasteiger partial charge is 0.502 e. The van der Waals surface area contributed by atoms with Gasteiger partial charge in [0, 0.05) is 6.07 Å². The first-order chi connectivity index (χ1) is 8.68. The van der Waals surface area contributed by atoms with E-state index in [9.17, 15) is 8.78 Å². The first-order valence-corrected chi connectivity index (χ1v) is 5.93. The Morgan fingerprint density at radius 3 is 2.11 bits per heavy atom. The fraction of sp³-hybridized carbons (Fsp3) is 0.583. The summed E-state index contributed by atoms with van der Waals surface area (Å²) in [6.45, 7) is 7.22. The molecule has 1 aromatic heterocycles. The third kappa shape index (κ3) is 2.32. The molecule has 19 heavy (non-hydrogen) atoms. The summed E-state index contributed by atoms with van der Waals surface area (Å²) in [5, 5.41) is 0. The highest BCUT2D eigenvalue weighted by molar-refractivity contribution is 6.62. The first-order valence-electron chi connectivity index (χ1n) is 5.93. The summed E-state index contributed by atoms with van der Waals surface area (Å²) in [5.41, 5.74) is -1.67. The second-order valence-corrected chi connectivity index (χ2v) is 5.44. The Hall–Kier alpha value is -1.21. The van der Waals surface area contributed by atoms with Gasteiger partial charge in [0.15, 0.2) is 0 Å². The molecule has 104 valence electrons.